The number of nitrogens with one attached hydrogen (secondary N) is 1. The van der Waals surface area contributed by atoms with E-state index in [2.05, 4.69) is 45.3 Å². The molecule has 0 aliphatic rings. The lowest BCUT2D eigenvalue weighted by Gasteiger charge is -2.11. The molecule has 0 aliphatic heterocycles. The van der Waals surface area contributed by atoms with E-state index < -0.39 is 0 Å². The molecule has 0 radical (unpaired) electrons. The molecule has 3 nitrogen and oxygen atoms in total. The average Bonchev–Trinajstić information content (AvgIpc) is 2.49. The van der Waals surface area contributed by atoms with Crippen molar-refractivity contribution in [1.29, 1.82) is 0 Å². The van der Waals surface area contributed by atoms with Crippen molar-refractivity contribution in [2.24, 2.45) is 0 Å². The lowest BCUT2D eigenvalue weighted by atomic mass is 10.1. The van der Waals surface area contributed by atoms with Gasteiger partial charge in [0.15, 0.2) is 0 Å². The van der Waals surface area contributed by atoms with Crippen molar-refractivity contribution >= 4 is 38.3 Å². The summed E-state index contributed by atoms with van der Waals surface area (Å²) in [7, 11) is 1.66. The number of fused-ring (bicyclic) bond motifs is 1. The SMILES string of the molecule is COc1ccc(Nc2cc(C)c3ccccc3n2)c(Br)c1. The molecule has 0 bridgehead atoms. The van der Waals surface area contributed by atoms with Crippen LogP contribution in [0.1, 0.15) is 5.56 Å². The second-order valence-electron chi connectivity index (χ2n) is 4.81. The third-order valence-electron chi connectivity index (χ3n) is 3.36. The number of ether oxygens (including phenoxy) is 1. The van der Waals surface area contributed by atoms with E-state index in [1.54, 1.807) is 7.11 Å². The van der Waals surface area contributed by atoms with Gasteiger partial charge >= 0.3 is 0 Å². The number of hydrogen-bond acceptors (Lipinski definition) is 3. The first-order valence-corrected chi connectivity index (χ1v) is 7.43. The van der Waals surface area contributed by atoms with Gasteiger partial charge in [0.25, 0.3) is 0 Å². The number of halogens is 1. The van der Waals surface area contributed by atoms with Crippen LogP contribution in [-0.4, -0.2) is 12.1 Å². The Morgan fingerprint density at radius 2 is 1.90 bits per heavy atom. The molecule has 0 aliphatic carbocycles. The summed E-state index contributed by atoms with van der Waals surface area (Å²) in [5.41, 5.74) is 3.15. The summed E-state index contributed by atoms with van der Waals surface area (Å²) in [6, 6.07) is 16.0. The van der Waals surface area contributed by atoms with E-state index >= 15 is 0 Å². The first-order chi connectivity index (χ1) is 10.2. The van der Waals surface area contributed by atoms with Gasteiger partial charge in [-0.1, -0.05) is 18.2 Å². The standard InChI is InChI=1S/C17H15BrN2O/c1-11-9-17(19-15-6-4-3-5-13(11)15)20-16-8-7-12(21-2)10-14(16)18/h3-10H,1-2H3,(H,19,20). The number of benzene rings is 2. The fourth-order valence-electron chi connectivity index (χ4n) is 2.28. The molecular formula is C17H15BrN2O. The van der Waals surface area contributed by atoms with Crippen LogP contribution in [0.5, 0.6) is 5.75 Å². The Hall–Kier alpha value is -2.07. The summed E-state index contributed by atoms with van der Waals surface area (Å²) in [5.74, 6) is 1.65. The van der Waals surface area contributed by atoms with Crippen molar-refractivity contribution in [3.63, 3.8) is 0 Å². The van der Waals surface area contributed by atoms with E-state index in [-0.39, 0.29) is 0 Å². The lowest BCUT2D eigenvalue weighted by molar-refractivity contribution is 0.414. The maximum absolute atomic E-state index is 5.20. The van der Waals surface area contributed by atoms with Crippen LogP contribution in [0.15, 0.2) is 53.0 Å². The Morgan fingerprint density at radius 3 is 2.67 bits per heavy atom. The van der Waals surface area contributed by atoms with E-state index in [1.165, 1.54) is 10.9 Å². The van der Waals surface area contributed by atoms with E-state index in [9.17, 15) is 0 Å². The smallest absolute Gasteiger partial charge is 0.131 e. The van der Waals surface area contributed by atoms with Crippen LogP contribution in [0.25, 0.3) is 10.9 Å². The molecule has 1 heterocycles. The van der Waals surface area contributed by atoms with Gasteiger partial charge < -0.3 is 10.1 Å². The second-order valence-corrected chi connectivity index (χ2v) is 5.67. The molecule has 4 heteroatoms. The van der Waals surface area contributed by atoms with Crippen LogP contribution in [0, 0.1) is 6.92 Å². The van der Waals surface area contributed by atoms with E-state index in [0.29, 0.717) is 0 Å². The molecule has 3 aromatic rings. The van der Waals surface area contributed by atoms with Gasteiger partial charge in [0.2, 0.25) is 0 Å². The quantitative estimate of drug-likeness (QED) is 0.722. The Kier molecular flexibility index (Phi) is 3.80. The summed E-state index contributed by atoms with van der Waals surface area (Å²) in [6.45, 7) is 2.10. The molecule has 1 aromatic heterocycles. The fourth-order valence-corrected chi connectivity index (χ4v) is 2.73. The number of aromatic nitrogens is 1. The van der Waals surface area contributed by atoms with Gasteiger partial charge in [-0.2, -0.15) is 0 Å². The number of para-hydroxylation sites is 1. The van der Waals surface area contributed by atoms with Gasteiger partial charge in [-0.25, -0.2) is 4.98 Å². The van der Waals surface area contributed by atoms with Crippen molar-refractivity contribution in [3.8, 4) is 5.75 Å². The Morgan fingerprint density at radius 1 is 1.10 bits per heavy atom. The molecular weight excluding hydrogens is 328 g/mol. The topological polar surface area (TPSA) is 34.1 Å². The molecule has 0 fully saturated rings. The second kappa shape index (κ2) is 5.74. The van der Waals surface area contributed by atoms with Crippen LogP contribution in [0.3, 0.4) is 0 Å². The Balaban J connectivity index is 1.98. The van der Waals surface area contributed by atoms with Gasteiger partial charge in [0.05, 0.1) is 18.3 Å². The number of hydrogen-bond donors (Lipinski definition) is 1. The first kappa shape index (κ1) is 13.9. The van der Waals surface area contributed by atoms with Gasteiger partial charge in [0, 0.05) is 9.86 Å². The first-order valence-electron chi connectivity index (χ1n) is 6.64. The molecule has 106 valence electrons. The highest BCUT2D eigenvalue weighted by atomic mass is 79.9. The van der Waals surface area contributed by atoms with Crippen LogP contribution in [0.2, 0.25) is 0 Å². The summed E-state index contributed by atoms with van der Waals surface area (Å²) < 4.78 is 6.14. The average molecular weight is 343 g/mol. The zero-order valence-electron chi connectivity index (χ0n) is 11.9. The highest BCUT2D eigenvalue weighted by Gasteiger charge is 2.06. The zero-order chi connectivity index (χ0) is 14.8. The lowest BCUT2D eigenvalue weighted by Crippen LogP contribution is -1.96. The Bertz CT molecular complexity index is 802. The molecule has 0 atom stereocenters. The maximum Gasteiger partial charge on any atom is 0.131 e. The van der Waals surface area contributed by atoms with Crippen molar-refractivity contribution < 1.29 is 4.74 Å². The number of nitrogens with zero attached hydrogens (tertiary/aromatic N) is 1. The molecule has 3 rings (SSSR count). The molecule has 0 amide bonds. The summed E-state index contributed by atoms with van der Waals surface area (Å²) in [5, 5.41) is 4.52. The number of aryl methyl sites for hydroxylation is 1. The molecule has 1 N–H and O–H groups in total. The summed E-state index contributed by atoms with van der Waals surface area (Å²) in [4.78, 5) is 4.65. The van der Waals surface area contributed by atoms with E-state index in [4.69, 9.17) is 4.74 Å². The minimum absolute atomic E-state index is 0.815. The summed E-state index contributed by atoms with van der Waals surface area (Å²) in [6.07, 6.45) is 0. The monoisotopic (exact) mass is 342 g/mol. The number of anilines is 2. The van der Waals surface area contributed by atoms with Gasteiger partial charge in [0.1, 0.15) is 11.6 Å². The van der Waals surface area contributed by atoms with Crippen molar-refractivity contribution in [3.05, 3.63) is 58.6 Å². The normalized spacial score (nSPS) is 10.6. The molecule has 21 heavy (non-hydrogen) atoms. The van der Waals surface area contributed by atoms with Crippen LogP contribution in [-0.2, 0) is 0 Å². The highest BCUT2D eigenvalue weighted by Crippen LogP contribution is 2.30. The Labute approximate surface area is 132 Å². The number of methoxy groups -OCH3 is 1. The van der Waals surface area contributed by atoms with Crippen LogP contribution in [0.4, 0.5) is 11.5 Å². The molecule has 0 unspecified atom stereocenters. The maximum atomic E-state index is 5.20. The van der Waals surface area contributed by atoms with Crippen LogP contribution < -0.4 is 10.1 Å². The molecule has 0 saturated carbocycles. The predicted octanol–water partition coefficient (Wildman–Crippen LogP) is 5.06. The molecule has 2 aromatic carbocycles. The van der Waals surface area contributed by atoms with Crippen molar-refractivity contribution in [2.75, 3.05) is 12.4 Å². The van der Waals surface area contributed by atoms with E-state index in [1.807, 2.05) is 36.4 Å². The minimum Gasteiger partial charge on any atom is -0.497 e. The van der Waals surface area contributed by atoms with Gasteiger partial charge in [-0.05, 0) is 58.7 Å². The van der Waals surface area contributed by atoms with Crippen molar-refractivity contribution in [2.45, 2.75) is 6.92 Å². The number of pyridine rings is 1. The fraction of sp³-hybridized carbons (Fsp3) is 0.118. The van der Waals surface area contributed by atoms with Crippen molar-refractivity contribution in [1.82, 2.24) is 4.98 Å². The van der Waals surface area contributed by atoms with Crippen LogP contribution >= 0.6 is 15.9 Å². The van der Waals surface area contributed by atoms with Gasteiger partial charge in [-0.15, -0.1) is 0 Å². The third-order valence-corrected chi connectivity index (χ3v) is 4.02. The van der Waals surface area contributed by atoms with E-state index in [0.717, 1.165) is 27.2 Å². The predicted molar refractivity (Wildman–Crippen MR) is 90.5 cm³/mol. The highest BCUT2D eigenvalue weighted by molar-refractivity contribution is 9.10. The number of rotatable bonds is 3. The van der Waals surface area contributed by atoms with Gasteiger partial charge in [-0.3, -0.25) is 0 Å². The molecule has 0 saturated heterocycles. The molecule has 0 spiro atoms. The third kappa shape index (κ3) is 2.85. The minimum atomic E-state index is 0.815. The largest absolute Gasteiger partial charge is 0.497 e. The zero-order valence-corrected chi connectivity index (χ0v) is 13.4. The summed E-state index contributed by atoms with van der Waals surface area (Å²) >= 11 is 3.54.